The molecule has 1 N–H and O–H groups in total. The quantitative estimate of drug-likeness (QED) is 0.562. The summed E-state index contributed by atoms with van der Waals surface area (Å²) in [5.41, 5.74) is 3.52. The van der Waals surface area contributed by atoms with E-state index in [1.54, 1.807) is 24.3 Å². The summed E-state index contributed by atoms with van der Waals surface area (Å²) < 4.78 is 6.37. The fourth-order valence-corrected chi connectivity index (χ4v) is 3.70. The lowest BCUT2D eigenvalue weighted by molar-refractivity contribution is 0.102. The van der Waals surface area contributed by atoms with Crippen molar-refractivity contribution in [1.29, 1.82) is 0 Å². The lowest BCUT2D eigenvalue weighted by Crippen LogP contribution is -2.12. The number of fused-ring (bicyclic) bond motifs is 1. The van der Waals surface area contributed by atoms with Crippen LogP contribution in [0.5, 0.6) is 0 Å². The maximum atomic E-state index is 12.2. The van der Waals surface area contributed by atoms with Crippen molar-refractivity contribution in [3.63, 3.8) is 0 Å². The molecule has 0 aliphatic carbocycles. The molecule has 0 saturated heterocycles. The van der Waals surface area contributed by atoms with Gasteiger partial charge >= 0.3 is 0 Å². The van der Waals surface area contributed by atoms with Gasteiger partial charge in [-0.2, -0.15) is 0 Å². The maximum Gasteiger partial charge on any atom is 0.259 e. The van der Waals surface area contributed by atoms with Gasteiger partial charge in [-0.15, -0.1) is 11.3 Å². The van der Waals surface area contributed by atoms with Crippen LogP contribution < -0.4 is 5.32 Å². The van der Waals surface area contributed by atoms with Crippen molar-refractivity contribution >= 4 is 33.1 Å². The number of rotatable bonds is 4. The number of thiazole rings is 1. The van der Waals surface area contributed by atoms with E-state index in [1.165, 1.54) is 11.0 Å². The molecule has 25 heavy (non-hydrogen) atoms. The van der Waals surface area contributed by atoms with Crippen LogP contribution in [0.25, 0.3) is 10.2 Å². The van der Waals surface area contributed by atoms with Crippen LogP contribution >= 0.6 is 11.3 Å². The fraction of sp³-hybridized carbons (Fsp3) is 0.100. The Balaban J connectivity index is 1.46. The molecule has 4 aromatic rings. The smallest absolute Gasteiger partial charge is 0.259 e. The standard InChI is InChI=1S/C20H16N2O2S/c1-13-16(10-11-24-13)20(23)21-15-8-6-14(7-9-15)12-19-22-17-4-2-3-5-18(17)25-19/h2-11H,12H2,1H3,(H,21,23). The minimum Gasteiger partial charge on any atom is -0.469 e. The minimum absolute atomic E-state index is 0.162. The number of nitrogens with zero attached hydrogens (tertiary/aromatic N) is 1. The third-order valence-electron chi connectivity index (χ3n) is 4.01. The summed E-state index contributed by atoms with van der Waals surface area (Å²) in [7, 11) is 0. The predicted octanol–water partition coefficient (Wildman–Crippen LogP) is 5.04. The third kappa shape index (κ3) is 3.32. The first-order chi connectivity index (χ1) is 12.2. The van der Waals surface area contributed by atoms with Crippen molar-refractivity contribution in [2.24, 2.45) is 0 Å². The molecule has 1 amide bonds. The number of carbonyl (C=O) groups is 1. The molecule has 0 radical (unpaired) electrons. The Labute approximate surface area is 149 Å². The topological polar surface area (TPSA) is 55.1 Å². The molecule has 0 bridgehead atoms. The largest absolute Gasteiger partial charge is 0.469 e. The lowest BCUT2D eigenvalue weighted by Gasteiger charge is -2.05. The van der Waals surface area contributed by atoms with Crippen LogP contribution in [0.3, 0.4) is 0 Å². The molecule has 4 nitrogen and oxygen atoms in total. The Bertz CT molecular complexity index is 998. The summed E-state index contributed by atoms with van der Waals surface area (Å²) in [5, 5.41) is 3.98. The SMILES string of the molecule is Cc1occc1C(=O)Nc1ccc(Cc2nc3ccccc3s2)cc1. The number of amides is 1. The highest BCUT2D eigenvalue weighted by atomic mass is 32.1. The van der Waals surface area contributed by atoms with Crippen molar-refractivity contribution in [3.8, 4) is 0 Å². The highest BCUT2D eigenvalue weighted by molar-refractivity contribution is 7.18. The van der Waals surface area contributed by atoms with E-state index in [9.17, 15) is 4.79 Å². The monoisotopic (exact) mass is 348 g/mol. The number of aryl methyl sites for hydroxylation is 1. The summed E-state index contributed by atoms with van der Waals surface area (Å²) in [6.07, 6.45) is 2.31. The first-order valence-corrected chi connectivity index (χ1v) is 8.79. The van der Waals surface area contributed by atoms with E-state index in [2.05, 4.69) is 16.4 Å². The zero-order chi connectivity index (χ0) is 17.2. The Morgan fingerprint density at radius 2 is 1.92 bits per heavy atom. The normalized spacial score (nSPS) is 10.9. The number of nitrogens with one attached hydrogen (secondary N) is 1. The van der Waals surface area contributed by atoms with Crippen LogP contribution in [0.4, 0.5) is 5.69 Å². The molecule has 5 heteroatoms. The van der Waals surface area contributed by atoms with Crippen LogP contribution in [-0.4, -0.2) is 10.9 Å². The highest BCUT2D eigenvalue weighted by Gasteiger charge is 2.11. The van der Waals surface area contributed by atoms with Crippen LogP contribution in [0.2, 0.25) is 0 Å². The zero-order valence-electron chi connectivity index (χ0n) is 13.7. The van der Waals surface area contributed by atoms with Crippen LogP contribution in [0, 0.1) is 6.92 Å². The van der Waals surface area contributed by atoms with E-state index in [1.807, 2.05) is 42.5 Å². The molecule has 4 rings (SSSR count). The summed E-state index contributed by atoms with van der Waals surface area (Å²) in [6.45, 7) is 1.77. The second-order valence-corrected chi connectivity index (χ2v) is 6.91. The molecule has 0 aliphatic heterocycles. The molecule has 2 aromatic carbocycles. The van der Waals surface area contributed by atoms with Crippen LogP contribution in [-0.2, 0) is 6.42 Å². The second-order valence-electron chi connectivity index (χ2n) is 5.79. The van der Waals surface area contributed by atoms with E-state index < -0.39 is 0 Å². The molecule has 2 aromatic heterocycles. The number of furan rings is 1. The number of anilines is 1. The second kappa shape index (κ2) is 6.53. The Kier molecular flexibility index (Phi) is 4.07. The van der Waals surface area contributed by atoms with Gasteiger partial charge in [0.15, 0.2) is 0 Å². The molecule has 0 aliphatic rings. The van der Waals surface area contributed by atoms with Gasteiger partial charge in [0.1, 0.15) is 5.76 Å². The molecule has 0 saturated carbocycles. The first kappa shape index (κ1) is 15.6. The summed E-state index contributed by atoms with van der Waals surface area (Å²) in [6, 6.07) is 17.7. The summed E-state index contributed by atoms with van der Waals surface area (Å²) in [4.78, 5) is 16.9. The molecule has 0 atom stereocenters. The van der Waals surface area contributed by atoms with Crippen molar-refractivity contribution < 1.29 is 9.21 Å². The van der Waals surface area contributed by atoms with E-state index >= 15 is 0 Å². The molecule has 0 unspecified atom stereocenters. The number of aromatic nitrogens is 1. The molecular weight excluding hydrogens is 332 g/mol. The number of carbonyl (C=O) groups excluding carboxylic acids is 1. The number of para-hydroxylation sites is 1. The van der Waals surface area contributed by atoms with Gasteiger partial charge in [-0.05, 0) is 42.8 Å². The van der Waals surface area contributed by atoms with Crippen molar-refractivity contribution in [3.05, 3.63) is 82.8 Å². The van der Waals surface area contributed by atoms with Crippen molar-refractivity contribution in [2.75, 3.05) is 5.32 Å². The predicted molar refractivity (Wildman–Crippen MR) is 100 cm³/mol. The van der Waals surface area contributed by atoms with Gasteiger partial charge in [0.05, 0.1) is 27.1 Å². The average Bonchev–Trinajstić information content (AvgIpc) is 3.22. The maximum absolute atomic E-state index is 12.2. The Hall–Kier alpha value is -2.92. The van der Waals surface area contributed by atoms with E-state index in [0.717, 1.165) is 28.2 Å². The summed E-state index contributed by atoms with van der Waals surface area (Å²) >= 11 is 1.72. The molecule has 2 heterocycles. The average molecular weight is 348 g/mol. The molecule has 124 valence electrons. The third-order valence-corrected chi connectivity index (χ3v) is 5.05. The first-order valence-electron chi connectivity index (χ1n) is 7.98. The Morgan fingerprint density at radius 1 is 1.12 bits per heavy atom. The molecule has 0 spiro atoms. The Morgan fingerprint density at radius 3 is 2.64 bits per heavy atom. The van der Waals surface area contributed by atoms with E-state index in [-0.39, 0.29) is 5.91 Å². The number of hydrogen-bond acceptors (Lipinski definition) is 4. The van der Waals surface area contributed by atoms with Gasteiger partial charge in [-0.25, -0.2) is 4.98 Å². The van der Waals surface area contributed by atoms with Crippen molar-refractivity contribution in [1.82, 2.24) is 4.98 Å². The van der Waals surface area contributed by atoms with E-state index in [4.69, 9.17) is 4.42 Å². The minimum atomic E-state index is -0.162. The van der Waals surface area contributed by atoms with Gasteiger partial charge < -0.3 is 9.73 Å². The zero-order valence-corrected chi connectivity index (χ0v) is 14.5. The van der Waals surface area contributed by atoms with Crippen LogP contribution in [0.1, 0.15) is 26.7 Å². The fourth-order valence-electron chi connectivity index (χ4n) is 2.70. The lowest BCUT2D eigenvalue weighted by atomic mass is 10.1. The van der Waals surface area contributed by atoms with Crippen molar-refractivity contribution in [2.45, 2.75) is 13.3 Å². The molecule has 0 fully saturated rings. The highest BCUT2D eigenvalue weighted by Crippen LogP contribution is 2.24. The molecular formula is C20H16N2O2S. The van der Waals surface area contributed by atoms with E-state index in [0.29, 0.717) is 11.3 Å². The van der Waals surface area contributed by atoms with Gasteiger partial charge in [-0.1, -0.05) is 24.3 Å². The van der Waals surface area contributed by atoms with Gasteiger partial charge in [0.25, 0.3) is 5.91 Å². The summed E-state index contributed by atoms with van der Waals surface area (Å²) in [5.74, 6) is 0.454. The van der Waals surface area contributed by atoms with Gasteiger partial charge in [-0.3, -0.25) is 4.79 Å². The number of benzene rings is 2. The number of hydrogen-bond donors (Lipinski definition) is 1. The van der Waals surface area contributed by atoms with Gasteiger partial charge in [0.2, 0.25) is 0 Å². The van der Waals surface area contributed by atoms with Crippen LogP contribution in [0.15, 0.2) is 65.3 Å². The van der Waals surface area contributed by atoms with Gasteiger partial charge in [0, 0.05) is 12.1 Å².